The quantitative estimate of drug-likeness (QED) is 0.280. The number of aromatic nitrogens is 2. The molecule has 0 spiro atoms. The maximum atomic E-state index is 13.8. The molecular formula is C30H25F4N3O4. The van der Waals surface area contributed by atoms with Crippen LogP contribution < -0.4 is 14.8 Å². The van der Waals surface area contributed by atoms with Crippen molar-refractivity contribution in [2.45, 2.75) is 43.6 Å². The molecule has 2 N–H and O–H groups in total. The van der Waals surface area contributed by atoms with Crippen LogP contribution in [0.4, 0.5) is 17.6 Å². The van der Waals surface area contributed by atoms with E-state index >= 15 is 0 Å². The topological polar surface area (TPSA) is 93.6 Å². The van der Waals surface area contributed by atoms with Crippen LogP contribution in [0.2, 0.25) is 0 Å². The predicted octanol–water partition coefficient (Wildman–Crippen LogP) is 5.65. The number of fused-ring (bicyclic) bond motifs is 2. The maximum Gasteiger partial charge on any atom is 0.399 e. The second-order valence-corrected chi connectivity index (χ2v) is 10.5. The van der Waals surface area contributed by atoms with Gasteiger partial charge in [0.05, 0.1) is 18.3 Å². The summed E-state index contributed by atoms with van der Waals surface area (Å²) in [5.74, 6) is -2.58. The Bertz CT molecular complexity index is 1640. The molecule has 2 aromatic carbocycles. The second-order valence-electron chi connectivity index (χ2n) is 10.5. The van der Waals surface area contributed by atoms with Crippen molar-refractivity contribution >= 4 is 16.8 Å². The third-order valence-corrected chi connectivity index (χ3v) is 7.18. The number of nitrogens with zero attached hydrogens (tertiary/aromatic N) is 2. The average molecular weight is 568 g/mol. The van der Waals surface area contributed by atoms with Gasteiger partial charge in [-0.15, -0.1) is 0 Å². The van der Waals surface area contributed by atoms with Crippen molar-refractivity contribution in [2.75, 3.05) is 13.2 Å². The van der Waals surface area contributed by atoms with Crippen LogP contribution in [0.3, 0.4) is 0 Å². The van der Waals surface area contributed by atoms with Gasteiger partial charge in [0.25, 0.3) is 5.91 Å². The number of nitrogens with one attached hydrogen (secondary N) is 1. The highest BCUT2D eigenvalue weighted by atomic mass is 19.4. The molecule has 1 amide bonds. The summed E-state index contributed by atoms with van der Waals surface area (Å²) in [6, 6.07) is 13.0. The first-order valence-electron chi connectivity index (χ1n) is 13.1. The van der Waals surface area contributed by atoms with E-state index in [9.17, 15) is 27.5 Å². The molecule has 4 aromatic rings. The van der Waals surface area contributed by atoms with Crippen molar-refractivity contribution in [3.63, 3.8) is 0 Å². The fraction of sp³-hybridized carbons (Fsp3) is 0.300. The normalized spacial score (nSPS) is 18.0. The van der Waals surface area contributed by atoms with Gasteiger partial charge in [0.1, 0.15) is 46.7 Å². The first-order valence-corrected chi connectivity index (χ1v) is 13.1. The second kappa shape index (κ2) is 9.99. The third-order valence-electron chi connectivity index (χ3n) is 7.18. The van der Waals surface area contributed by atoms with Gasteiger partial charge in [-0.25, -0.2) is 9.37 Å². The Hall–Kier alpha value is -4.25. The Labute approximate surface area is 232 Å². The minimum atomic E-state index is -4.60. The Morgan fingerprint density at radius 2 is 1.90 bits per heavy atom. The van der Waals surface area contributed by atoms with Gasteiger partial charge in [-0.2, -0.15) is 13.2 Å². The molecule has 41 heavy (non-hydrogen) atoms. The molecule has 212 valence electrons. The average Bonchev–Trinajstić information content (AvgIpc) is 3.64. The smallest absolute Gasteiger partial charge is 0.399 e. The van der Waals surface area contributed by atoms with E-state index in [4.69, 9.17) is 9.47 Å². The van der Waals surface area contributed by atoms with Gasteiger partial charge >= 0.3 is 6.18 Å². The number of hydrogen-bond acceptors (Lipinski definition) is 6. The minimum Gasteiger partial charge on any atom is -0.490 e. The summed E-state index contributed by atoms with van der Waals surface area (Å²) in [4.78, 5) is 22.0. The Kier molecular flexibility index (Phi) is 6.56. The van der Waals surface area contributed by atoms with Gasteiger partial charge in [-0.1, -0.05) is 6.07 Å². The molecule has 0 bridgehead atoms. The van der Waals surface area contributed by atoms with Crippen LogP contribution in [-0.4, -0.2) is 46.4 Å². The molecule has 0 radical (unpaired) electrons. The van der Waals surface area contributed by atoms with Gasteiger partial charge in [0, 0.05) is 28.3 Å². The number of pyridine rings is 2. The zero-order valence-corrected chi connectivity index (χ0v) is 21.8. The molecule has 1 aliphatic heterocycles. The van der Waals surface area contributed by atoms with Crippen molar-refractivity contribution in [3.05, 3.63) is 83.4 Å². The van der Waals surface area contributed by atoms with E-state index in [1.807, 2.05) is 0 Å². The number of benzene rings is 2. The fourth-order valence-corrected chi connectivity index (χ4v) is 4.76. The lowest BCUT2D eigenvalue weighted by atomic mass is 9.93. The van der Waals surface area contributed by atoms with Crippen molar-refractivity contribution in [2.24, 2.45) is 0 Å². The lowest BCUT2D eigenvalue weighted by molar-refractivity contribution is -0.151. The van der Waals surface area contributed by atoms with E-state index in [0.717, 1.165) is 31.0 Å². The van der Waals surface area contributed by atoms with Crippen molar-refractivity contribution < 1.29 is 36.9 Å². The molecule has 11 heteroatoms. The Morgan fingerprint density at radius 3 is 2.61 bits per heavy atom. The van der Waals surface area contributed by atoms with Crippen LogP contribution in [0.5, 0.6) is 11.5 Å². The van der Waals surface area contributed by atoms with E-state index < -0.39 is 36.0 Å². The van der Waals surface area contributed by atoms with Crippen LogP contribution in [0.25, 0.3) is 22.2 Å². The molecule has 1 fully saturated rings. The van der Waals surface area contributed by atoms with Crippen molar-refractivity contribution in [1.82, 2.24) is 15.3 Å². The molecule has 0 unspecified atom stereocenters. The van der Waals surface area contributed by atoms with E-state index in [1.165, 1.54) is 19.1 Å². The molecular weight excluding hydrogens is 542 g/mol. The summed E-state index contributed by atoms with van der Waals surface area (Å²) in [7, 11) is 0. The molecule has 0 saturated heterocycles. The number of ether oxygens (including phenoxy) is 2. The Morgan fingerprint density at radius 1 is 1.15 bits per heavy atom. The molecule has 6 rings (SSSR count). The van der Waals surface area contributed by atoms with Crippen molar-refractivity contribution in [1.29, 1.82) is 0 Å². The lowest BCUT2D eigenvalue weighted by Crippen LogP contribution is -2.39. The zero-order valence-electron chi connectivity index (χ0n) is 21.8. The van der Waals surface area contributed by atoms with Gasteiger partial charge in [0.15, 0.2) is 0 Å². The number of aliphatic hydroxyl groups is 1. The highest BCUT2D eigenvalue weighted by Gasteiger charge is 2.47. The highest BCUT2D eigenvalue weighted by Crippen LogP contribution is 2.48. The summed E-state index contributed by atoms with van der Waals surface area (Å²) in [6.45, 7) is 0.349. The molecule has 2 aromatic heterocycles. The van der Waals surface area contributed by atoms with E-state index in [2.05, 4.69) is 15.3 Å². The molecule has 2 aliphatic rings. The highest BCUT2D eigenvalue weighted by molar-refractivity contribution is 5.99. The number of carbonyl (C=O) groups excluding carboxylic acids is 1. The minimum absolute atomic E-state index is 0.0414. The summed E-state index contributed by atoms with van der Waals surface area (Å²) in [6.07, 6.45) is -1.06. The number of amides is 1. The largest absolute Gasteiger partial charge is 0.490 e. The van der Waals surface area contributed by atoms with Crippen LogP contribution in [0.1, 0.15) is 47.3 Å². The SMILES string of the molecule is C[C@](O)(CNC(=O)c1cc(OC2CC2)c2ncccc2c1)c1cc2c(c(-c3ccc(F)cc3)n1)OC[C@H]2C(F)(F)F. The lowest BCUT2D eigenvalue weighted by Gasteiger charge is -2.25. The summed E-state index contributed by atoms with van der Waals surface area (Å²) < 4.78 is 66.4. The van der Waals surface area contributed by atoms with Crippen LogP contribution >= 0.6 is 0 Å². The summed E-state index contributed by atoms with van der Waals surface area (Å²) >= 11 is 0. The Balaban J connectivity index is 1.31. The molecule has 1 aliphatic carbocycles. The van der Waals surface area contributed by atoms with Gasteiger partial charge in [0.2, 0.25) is 0 Å². The predicted molar refractivity (Wildman–Crippen MR) is 141 cm³/mol. The van der Waals surface area contributed by atoms with E-state index in [0.29, 0.717) is 22.2 Å². The number of alkyl halides is 3. The number of hydrogen-bond donors (Lipinski definition) is 2. The van der Waals surface area contributed by atoms with Gasteiger partial charge in [-0.3, -0.25) is 9.78 Å². The molecule has 2 atom stereocenters. The fourth-order valence-electron chi connectivity index (χ4n) is 4.76. The first kappa shape index (κ1) is 26.9. The molecule has 3 heterocycles. The third kappa shape index (κ3) is 5.41. The van der Waals surface area contributed by atoms with Crippen molar-refractivity contribution in [3.8, 4) is 22.8 Å². The number of rotatable bonds is 7. The number of halogens is 4. The maximum absolute atomic E-state index is 13.8. The standard InChI is InChI=1S/C30H25F4N3O4/c1-29(39,15-36-28(38)18-11-17-3-2-10-35-25(17)23(12-18)41-20-8-9-20)24-13-21-22(30(32,33)34)14-40-27(21)26(37-24)16-4-6-19(31)7-5-16/h2-7,10-13,20,22,39H,8-9,14-15H2,1H3,(H,36,38)/t22-,29+/m1/s1. The van der Waals surface area contributed by atoms with E-state index in [-0.39, 0.29) is 40.9 Å². The van der Waals surface area contributed by atoms with Gasteiger partial charge < -0.3 is 19.9 Å². The molecule has 1 saturated carbocycles. The van der Waals surface area contributed by atoms with E-state index in [1.54, 1.807) is 30.5 Å². The number of carbonyl (C=O) groups is 1. The van der Waals surface area contributed by atoms with Crippen LogP contribution in [0, 0.1) is 5.82 Å². The monoisotopic (exact) mass is 567 g/mol. The van der Waals surface area contributed by atoms with Crippen LogP contribution in [0.15, 0.2) is 60.8 Å². The summed E-state index contributed by atoms with van der Waals surface area (Å²) in [5.41, 5.74) is -0.894. The van der Waals surface area contributed by atoms with Gasteiger partial charge in [-0.05, 0) is 68.3 Å². The zero-order chi connectivity index (χ0) is 28.9. The first-order chi connectivity index (χ1) is 19.5. The molecule has 7 nitrogen and oxygen atoms in total. The summed E-state index contributed by atoms with van der Waals surface area (Å²) in [5, 5.41) is 14.7. The van der Waals surface area contributed by atoms with Crippen LogP contribution in [-0.2, 0) is 5.60 Å².